The third kappa shape index (κ3) is 5.38. The van der Waals surface area contributed by atoms with Crippen molar-refractivity contribution in [3.63, 3.8) is 0 Å². The highest BCUT2D eigenvalue weighted by Crippen LogP contribution is 2.27. The Balaban J connectivity index is 2.27. The summed E-state index contributed by atoms with van der Waals surface area (Å²) in [7, 11) is 1.88. The molecule has 0 aliphatic heterocycles. The number of esters is 1. The smallest absolute Gasteiger partial charge is 0.340 e. The van der Waals surface area contributed by atoms with Gasteiger partial charge in [-0.25, -0.2) is 13.9 Å². The number of nitro benzene ring substituents is 1. The van der Waals surface area contributed by atoms with Crippen LogP contribution in [0.25, 0.3) is 0 Å². The number of hydrogen-bond donors (Lipinski definition) is 0. The van der Waals surface area contributed by atoms with Gasteiger partial charge in [-0.1, -0.05) is 22.9 Å². The molecule has 1 aromatic heterocycles. The molecule has 28 heavy (non-hydrogen) atoms. The van der Waals surface area contributed by atoms with Gasteiger partial charge < -0.3 is 9.64 Å². The summed E-state index contributed by atoms with van der Waals surface area (Å²) in [6.45, 7) is 2.81. The summed E-state index contributed by atoms with van der Waals surface area (Å²) in [5.74, 6) is -0.955. The maximum Gasteiger partial charge on any atom is 0.340 e. The molecule has 0 fully saturated rings. The first-order valence-electron chi connectivity index (χ1n) is 8.70. The van der Waals surface area contributed by atoms with Gasteiger partial charge in [0.15, 0.2) is 0 Å². The van der Waals surface area contributed by atoms with Gasteiger partial charge in [-0.05, 0) is 12.5 Å². The molecule has 1 heterocycles. The molecule has 0 N–H and O–H groups in total. The lowest BCUT2D eigenvalue weighted by Gasteiger charge is -2.23. The van der Waals surface area contributed by atoms with Crippen molar-refractivity contribution in [2.24, 2.45) is 7.05 Å². The number of carbonyl (C=O) groups is 2. The van der Waals surface area contributed by atoms with Crippen molar-refractivity contribution in [2.75, 3.05) is 23.4 Å². The average Bonchev–Trinajstić information content (AvgIpc) is 3.10. The Morgan fingerprint density at radius 2 is 2.14 bits per heavy atom. The zero-order valence-electron chi connectivity index (χ0n) is 15.7. The summed E-state index contributed by atoms with van der Waals surface area (Å²) in [6, 6.07) is 3.84. The van der Waals surface area contributed by atoms with E-state index in [1.807, 2.05) is 41.8 Å². The fourth-order valence-electron chi connectivity index (χ4n) is 2.67. The van der Waals surface area contributed by atoms with Crippen molar-refractivity contribution in [2.45, 2.75) is 19.9 Å². The van der Waals surface area contributed by atoms with Gasteiger partial charge in [0.2, 0.25) is 12.2 Å². The Kier molecular flexibility index (Phi) is 7.68. The molecule has 150 valence electrons. The molecule has 2 aromatic rings. The molecule has 2 rings (SSSR count). The number of halogens is 1. The van der Waals surface area contributed by atoms with E-state index in [4.69, 9.17) is 4.74 Å². The van der Waals surface area contributed by atoms with Gasteiger partial charge in [-0.3, -0.25) is 14.9 Å². The second kappa shape index (κ2) is 9.98. The molecule has 0 aliphatic carbocycles. The predicted octanol–water partition coefficient (Wildman–Crippen LogP) is 2.22. The van der Waals surface area contributed by atoms with E-state index in [0.29, 0.717) is 25.2 Å². The molecule has 0 saturated carbocycles. The number of alkyl halides is 1. The second-order valence-corrected chi connectivity index (χ2v) is 6.65. The SMILES string of the molecule is CCCN(C(=O)CBr)c1ccc([N+](=O)[O-])cc1C(=O)OCCn1cc[n+](C)c1. The zero-order valence-corrected chi connectivity index (χ0v) is 17.3. The normalized spacial score (nSPS) is 10.5. The highest BCUT2D eigenvalue weighted by Gasteiger charge is 2.24. The maximum atomic E-state index is 12.6. The van der Waals surface area contributed by atoms with E-state index in [9.17, 15) is 19.7 Å². The molecule has 0 unspecified atom stereocenters. The quantitative estimate of drug-likeness (QED) is 0.190. The van der Waals surface area contributed by atoms with Gasteiger partial charge in [-0.15, -0.1) is 0 Å². The summed E-state index contributed by atoms with van der Waals surface area (Å²) >= 11 is 3.13. The van der Waals surface area contributed by atoms with E-state index in [1.54, 1.807) is 0 Å². The monoisotopic (exact) mass is 453 g/mol. The van der Waals surface area contributed by atoms with E-state index in [2.05, 4.69) is 15.9 Å². The first kappa shape index (κ1) is 21.5. The molecule has 0 radical (unpaired) electrons. The largest absolute Gasteiger partial charge is 0.458 e. The molecular weight excluding hydrogens is 432 g/mol. The molecule has 0 spiro atoms. The van der Waals surface area contributed by atoms with Gasteiger partial charge in [0.05, 0.1) is 28.6 Å². The number of amides is 1. The summed E-state index contributed by atoms with van der Waals surface area (Å²) in [5.41, 5.74) is 0.0557. The first-order chi connectivity index (χ1) is 13.4. The van der Waals surface area contributed by atoms with Gasteiger partial charge in [0.1, 0.15) is 25.5 Å². The number of hydrogen-bond acceptors (Lipinski definition) is 5. The lowest BCUT2D eigenvalue weighted by molar-refractivity contribution is -0.671. The Morgan fingerprint density at radius 1 is 1.39 bits per heavy atom. The van der Waals surface area contributed by atoms with Crippen molar-refractivity contribution >= 4 is 39.2 Å². The molecule has 0 aliphatic rings. The Morgan fingerprint density at radius 3 is 2.71 bits per heavy atom. The van der Waals surface area contributed by atoms with Crippen LogP contribution in [-0.4, -0.2) is 39.8 Å². The van der Waals surface area contributed by atoms with Crippen LogP contribution in [0.1, 0.15) is 23.7 Å². The molecule has 10 heteroatoms. The number of nitrogens with zero attached hydrogens (tertiary/aromatic N) is 4. The van der Waals surface area contributed by atoms with Crippen LogP contribution in [0, 0.1) is 10.1 Å². The predicted molar refractivity (Wildman–Crippen MR) is 105 cm³/mol. The van der Waals surface area contributed by atoms with Crippen LogP contribution in [0.3, 0.4) is 0 Å². The van der Waals surface area contributed by atoms with Crippen molar-refractivity contribution < 1.29 is 23.8 Å². The number of aromatic nitrogens is 2. The van der Waals surface area contributed by atoms with Crippen LogP contribution in [0.5, 0.6) is 0 Å². The van der Waals surface area contributed by atoms with Gasteiger partial charge in [-0.2, -0.15) is 0 Å². The van der Waals surface area contributed by atoms with E-state index < -0.39 is 10.9 Å². The number of aryl methyl sites for hydroxylation is 1. The number of nitro groups is 1. The fourth-order valence-corrected chi connectivity index (χ4v) is 2.97. The van der Waals surface area contributed by atoms with Gasteiger partial charge >= 0.3 is 5.97 Å². The number of non-ortho nitro benzene ring substituents is 1. The van der Waals surface area contributed by atoms with Crippen LogP contribution in [0.4, 0.5) is 11.4 Å². The van der Waals surface area contributed by atoms with Crippen LogP contribution in [0.15, 0.2) is 36.9 Å². The summed E-state index contributed by atoms with van der Waals surface area (Å²) in [6.07, 6.45) is 6.19. The van der Waals surface area contributed by atoms with Crippen molar-refractivity contribution in [1.82, 2.24) is 4.57 Å². The third-order valence-corrected chi connectivity index (χ3v) is 4.45. The highest BCUT2D eigenvalue weighted by atomic mass is 79.9. The molecule has 9 nitrogen and oxygen atoms in total. The number of benzene rings is 1. The lowest BCUT2D eigenvalue weighted by Crippen LogP contribution is -2.34. The zero-order chi connectivity index (χ0) is 20.7. The van der Waals surface area contributed by atoms with Gasteiger partial charge in [0, 0.05) is 18.7 Å². The minimum atomic E-state index is -0.710. The highest BCUT2D eigenvalue weighted by molar-refractivity contribution is 9.09. The molecule has 0 bridgehead atoms. The summed E-state index contributed by atoms with van der Waals surface area (Å²) in [4.78, 5) is 36.9. The Labute approximate surface area is 170 Å². The van der Waals surface area contributed by atoms with Crippen molar-refractivity contribution in [3.05, 3.63) is 52.6 Å². The molecule has 0 atom stereocenters. The average molecular weight is 454 g/mol. The molecular formula is C18H22BrN4O5+. The Bertz CT molecular complexity index is 867. The fraction of sp³-hybridized carbons (Fsp3) is 0.389. The van der Waals surface area contributed by atoms with Crippen LogP contribution in [-0.2, 0) is 23.1 Å². The van der Waals surface area contributed by atoms with Crippen LogP contribution >= 0.6 is 15.9 Å². The number of imidazole rings is 1. The number of anilines is 1. The summed E-state index contributed by atoms with van der Waals surface area (Å²) in [5, 5.41) is 11.2. The first-order valence-corrected chi connectivity index (χ1v) is 9.82. The number of ether oxygens (including phenoxy) is 1. The molecule has 1 amide bonds. The standard InChI is InChI=1S/C18H22BrN4O5/c1-3-6-22(17(24)12-19)16-5-4-14(23(26)27)11-15(16)18(25)28-10-9-21-8-7-20(2)13-21/h4-5,7-8,11,13H,3,6,9-10,12H2,1-2H3/q+1. The second-order valence-electron chi connectivity index (χ2n) is 6.09. The summed E-state index contributed by atoms with van der Waals surface area (Å²) < 4.78 is 9.02. The van der Waals surface area contributed by atoms with Crippen molar-refractivity contribution in [1.29, 1.82) is 0 Å². The van der Waals surface area contributed by atoms with Crippen molar-refractivity contribution in [3.8, 4) is 0 Å². The van der Waals surface area contributed by atoms with E-state index >= 15 is 0 Å². The third-order valence-electron chi connectivity index (χ3n) is 3.97. The Hall–Kier alpha value is -2.75. The minimum Gasteiger partial charge on any atom is -0.458 e. The number of carbonyl (C=O) groups excluding carboxylic acids is 2. The van der Waals surface area contributed by atoms with E-state index in [0.717, 1.165) is 6.07 Å². The van der Waals surface area contributed by atoms with E-state index in [-0.39, 0.29) is 29.1 Å². The minimum absolute atomic E-state index is 0.00462. The molecule has 0 saturated heterocycles. The lowest BCUT2D eigenvalue weighted by atomic mass is 10.1. The van der Waals surface area contributed by atoms with E-state index in [1.165, 1.54) is 17.0 Å². The maximum absolute atomic E-state index is 12.6. The van der Waals surface area contributed by atoms with Crippen LogP contribution < -0.4 is 9.47 Å². The topological polar surface area (TPSA) is 98.6 Å². The van der Waals surface area contributed by atoms with Gasteiger partial charge in [0.25, 0.3) is 5.69 Å². The number of rotatable bonds is 9. The van der Waals surface area contributed by atoms with Crippen LogP contribution in [0.2, 0.25) is 0 Å². The molecule has 1 aromatic carbocycles.